The molecule has 13 heteroatoms. The zero-order chi connectivity index (χ0) is 24.9. The monoisotopic (exact) mass is 513 g/mol. The molecule has 2 N–H and O–H groups in total. The first kappa shape index (κ1) is 25.2. The van der Waals surface area contributed by atoms with Crippen molar-refractivity contribution in [3.05, 3.63) is 54.2 Å². The van der Waals surface area contributed by atoms with Crippen LogP contribution < -0.4 is 4.72 Å². The van der Waals surface area contributed by atoms with Crippen LogP contribution in [0.1, 0.15) is 32.3 Å². The second-order valence-corrected chi connectivity index (χ2v) is 12.0. The fourth-order valence-corrected chi connectivity index (χ4v) is 5.27. The van der Waals surface area contributed by atoms with Gasteiger partial charge in [-0.25, -0.2) is 8.42 Å². The Balaban J connectivity index is 2.27. The summed E-state index contributed by atoms with van der Waals surface area (Å²) in [6.07, 6.45) is 1.53. The fraction of sp³-hybridized carbons (Fsp3) is 0.350. The molecular weight excluding hydrogens is 489 g/mol. The van der Waals surface area contributed by atoms with Gasteiger partial charge in [-0.05, 0) is 42.7 Å². The summed E-state index contributed by atoms with van der Waals surface area (Å²) in [7, 11) is -13.5. The van der Waals surface area contributed by atoms with Crippen molar-refractivity contribution >= 4 is 36.8 Å². The fourth-order valence-electron chi connectivity index (χ4n) is 4.04. The number of benzene rings is 2. The average molecular weight is 514 g/mol. The van der Waals surface area contributed by atoms with Crippen LogP contribution in [0.5, 0.6) is 0 Å². The first-order valence-corrected chi connectivity index (χ1v) is 13.7. The van der Waals surface area contributed by atoms with Gasteiger partial charge in [0.2, 0.25) is 10.0 Å². The SMILES string of the molecule is CCC(O)C(CC)(c1ccc(S(F)(F)(F)(F)F)cc1)n1ncc2c(NS(C)(=O)=O)cccc21. The van der Waals surface area contributed by atoms with Crippen molar-refractivity contribution in [2.24, 2.45) is 0 Å². The lowest BCUT2D eigenvalue weighted by Gasteiger charge is -2.42. The molecule has 0 bridgehead atoms. The molecule has 0 saturated heterocycles. The van der Waals surface area contributed by atoms with Gasteiger partial charge < -0.3 is 5.11 Å². The second-order valence-electron chi connectivity index (χ2n) is 7.86. The van der Waals surface area contributed by atoms with Gasteiger partial charge in [-0.2, -0.15) is 5.10 Å². The standard InChI is InChI=1S/C20H24F5N3O3S2/c1-4-19(29)20(5-2,14-9-11-15(12-10-14)33(21,22,23,24)25)28-18-8-6-7-17(16(18)13-26-28)27-32(3,30)31/h6-13,19,27,29H,4-5H2,1-3H3. The normalized spacial score (nSPS) is 17.7. The van der Waals surface area contributed by atoms with Crippen molar-refractivity contribution in [1.82, 2.24) is 9.78 Å². The van der Waals surface area contributed by atoms with Crippen LogP contribution in [0.3, 0.4) is 0 Å². The van der Waals surface area contributed by atoms with Crippen molar-refractivity contribution in [3.8, 4) is 0 Å². The van der Waals surface area contributed by atoms with E-state index in [1.807, 2.05) is 0 Å². The Kier molecular flexibility index (Phi) is 5.59. The minimum atomic E-state index is -9.87. The van der Waals surface area contributed by atoms with E-state index in [4.69, 9.17) is 0 Å². The minimum absolute atomic E-state index is 0.149. The Morgan fingerprint density at radius 3 is 2.18 bits per heavy atom. The number of sulfonamides is 1. The lowest BCUT2D eigenvalue weighted by Crippen LogP contribution is -2.46. The number of rotatable bonds is 8. The van der Waals surface area contributed by atoms with Crippen molar-refractivity contribution < 1.29 is 33.0 Å². The lowest BCUT2D eigenvalue weighted by molar-refractivity contribution is 0.0487. The zero-order valence-corrected chi connectivity index (χ0v) is 19.6. The molecule has 0 saturated carbocycles. The van der Waals surface area contributed by atoms with E-state index in [0.29, 0.717) is 23.0 Å². The second kappa shape index (κ2) is 7.31. The first-order chi connectivity index (χ1) is 14.9. The molecule has 3 aromatic rings. The number of aliphatic hydroxyl groups excluding tert-OH is 1. The Morgan fingerprint density at radius 1 is 1.09 bits per heavy atom. The molecule has 2 aromatic carbocycles. The summed E-state index contributed by atoms with van der Waals surface area (Å²) < 4.78 is 93.3. The maximum Gasteiger partial charge on any atom is 0.310 e. The van der Waals surface area contributed by atoms with E-state index < -0.39 is 36.8 Å². The smallest absolute Gasteiger partial charge is 0.310 e. The van der Waals surface area contributed by atoms with Crippen LogP contribution in [0.15, 0.2) is 53.6 Å². The molecule has 0 amide bonds. The van der Waals surface area contributed by atoms with E-state index in [0.717, 1.165) is 18.4 Å². The van der Waals surface area contributed by atoms with Gasteiger partial charge in [0.05, 0.1) is 29.8 Å². The highest BCUT2D eigenvalue weighted by molar-refractivity contribution is 8.45. The molecule has 6 nitrogen and oxygen atoms in total. The molecule has 3 rings (SSSR count). The van der Waals surface area contributed by atoms with Gasteiger partial charge >= 0.3 is 10.2 Å². The molecule has 0 aliphatic rings. The number of fused-ring (bicyclic) bond motifs is 1. The van der Waals surface area contributed by atoms with Crippen LogP contribution in [0.2, 0.25) is 0 Å². The summed E-state index contributed by atoms with van der Waals surface area (Å²) in [5.41, 5.74) is -0.629. The Morgan fingerprint density at radius 2 is 1.70 bits per heavy atom. The number of nitrogens with zero attached hydrogens (tertiary/aromatic N) is 2. The molecule has 184 valence electrons. The van der Waals surface area contributed by atoms with E-state index in [-0.39, 0.29) is 24.1 Å². The summed E-state index contributed by atoms with van der Waals surface area (Å²) in [6, 6.07) is 7.15. The highest BCUT2D eigenvalue weighted by atomic mass is 32.5. The Bertz CT molecular complexity index is 1290. The van der Waals surface area contributed by atoms with Gasteiger partial charge in [-0.3, -0.25) is 9.40 Å². The number of nitrogens with one attached hydrogen (secondary N) is 1. The third-order valence-corrected chi connectivity index (χ3v) is 7.32. The van der Waals surface area contributed by atoms with E-state index in [1.165, 1.54) is 16.9 Å². The molecule has 0 spiro atoms. The average Bonchev–Trinajstić information content (AvgIpc) is 3.12. The quantitative estimate of drug-likeness (QED) is 0.363. The topological polar surface area (TPSA) is 84.2 Å². The van der Waals surface area contributed by atoms with Crippen LogP contribution >= 0.6 is 10.2 Å². The van der Waals surface area contributed by atoms with Crippen LogP contribution in [-0.4, -0.2) is 35.7 Å². The van der Waals surface area contributed by atoms with Crippen LogP contribution in [-0.2, 0) is 15.6 Å². The van der Waals surface area contributed by atoms with Crippen LogP contribution in [0.25, 0.3) is 10.9 Å². The highest BCUT2D eigenvalue weighted by Gasteiger charge is 2.65. The van der Waals surface area contributed by atoms with Gasteiger partial charge in [0, 0.05) is 5.39 Å². The van der Waals surface area contributed by atoms with Crippen molar-refractivity contribution in [2.45, 2.75) is 43.2 Å². The molecule has 1 heterocycles. The van der Waals surface area contributed by atoms with E-state index in [9.17, 15) is 33.0 Å². The predicted molar refractivity (Wildman–Crippen MR) is 120 cm³/mol. The lowest BCUT2D eigenvalue weighted by atomic mass is 9.80. The molecule has 0 aliphatic carbocycles. The van der Waals surface area contributed by atoms with Crippen molar-refractivity contribution in [3.63, 3.8) is 0 Å². The number of hydrogen-bond acceptors (Lipinski definition) is 4. The summed E-state index contributed by atoms with van der Waals surface area (Å²) in [4.78, 5) is -2.03. The first-order valence-electron chi connectivity index (χ1n) is 9.90. The van der Waals surface area contributed by atoms with Gasteiger partial charge in [0.1, 0.15) is 10.4 Å². The van der Waals surface area contributed by atoms with Gasteiger partial charge in [-0.1, -0.05) is 51.5 Å². The predicted octanol–water partition coefficient (Wildman–Crippen LogP) is 5.99. The highest BCUT2D eigenvalue weighted by Crippen LogP contribution is 3.02. The number of aliphatic hydroxyl groups is 1. The van der Waals surface area contributed by atoms with Crippen molar-refractivity contribution in [1.29, 1.82) is 0 Å². The summed E-state index contributed by atoms with van der Waals surface area (Å²) in [5, 5.41) is 15.7. The molecular formula is C20H24F5N3O3S2. The van der Waals surface area contributed by atoms with Gasteiger partial charge in [0.25, 0.3) is 0 Å². The number of hydrogen-bond donors (Lipinski definition) is 2. The molecule has 0 fully saturated rings. The molecule has 2 atom stereocenters. The van der Waals surface area contributed by atoms with Gasteiger partial charge in [-0.15, -0.1) is 0 Å². The Hall–Kier alpha value is -2.38. The molecule has 33 heavy (non-hydrogen) atoms. The van der Waals surface area contributed by atoms with Crippen LogP contribution in [0, 0.1) is 0 Å². The maximum absolute atomic E-state index is 13.2. The number of aromatic nitrogens is 2. The summed E-state index contributed by atoms with van der Waals surface area (Å²) >= 11 is 0. The number of halogens is 5. The minimum Gasteiger partial charge on any atom is -0.390 e. The summed E-state index contributed by atoms with van der Waals surface area (Å²) in [5.74, 6) is 0. The molecule has 0 aliphatic heterocycles. The molecule has 1 aromatic heterocycles. The van der Waals surface area contributed by atoms with E-state index in [1.54, 1.807) is 26.0 Å². The zero-order valence-electron chi connectivity index (χ0n) is 18.0. The van der Waals surface area contributed by atoms with E-state index in [2.05, 4.69) is 9.82 Å². The number of anilines is 1. The molecule has 2 unspecified atom stereocenters. The Labute approximate surface area is 188 Å². The largest absolute Gasteiger partial charge is 0.390 e. The third kappa shape index (κ3) is 4.80. The maximum atomic E-state index is 13.2. The molecule has 0 radical (unpaired) electrons. The summed E-state index contributed by atoms with van der Waals surface area (Å²) in [6.45, 7) is 3.35. The van der Waals surface area contributed by atoms with E-state index >= 15 is 0 Å². The van der Waals surface area contributed by atoms with Crippen LogP contribution in [0.4, 0.5) is 25.1 Å². The van der Waals surface area contributed by atoms with Crippen molar-refractivity contribution in [2.75, 3.05) is 11.0 Å². The third-order valence-electron chi connectivity index (χ3n) is 5.56. The van der Waals surface area contributed by atoms with Gasteiger partial charge in [0.15, 0.2) is 0 Å².